The Morgan fingerprint density at radius 3 is 2.61 bits per heavy atom. The Morgan fingerprint density at radius 1 is 1.06 bits per heavy atom. The van der Waals surface area contributed by atoms with Crippen molar-refractivity contribution in [3.8, 4) is 22.1 Å². The van der Waals surface area contributed by atoms with E-state index in [0.717, 1.165) is 29.1 Å². The quantitative estimate of drug-likeness (QED) is 0.503. The topological polar surface area (TPSA) is 97.0 Å². The molecule has 1 aliphatic rings. The fourth-order valence-corrected chi connectivity index (χ4v) is 4.24. The Labute approximate surface area is 183 Å². The van der Waals surface area contributed by atoms with Gasteiger partial charge in [-0.25, -0.2) is 9.78 Å². The van der Waals surface area contributed by atoms with Crippen LogP contribution < -0.4 is 5.32 Å². The predicted molar refractivity (Wildman–Crippen MR) is 118 cm³/mol. The van der Waals surface area contributed by atoms with Crippen LogP contribution in [0.4, 0.5) is 10.5 Å². The first-order valence-electron chi connectivity index (χ1n) is 10.1. The number of aromatic nitrogens is 4. The molecular weight excluding hydrogens is 412 g/mol. The SMILES string of the molecule is O=C(Nc1ccc(-c2nccs2)cc1)N1CCC(c2nc(-c3ccccn3)no2)CC1. The molecule has 0 aliphatic carbocycles. The molecule has 1 aliphatic heterocycles. The fourth-order valence-electron chi connectivity index (χ4n) is 3.59. The Hall–Kier alpha value is -3.59. The summed E-state index contributed by atoms with van der Waals surface area (Å²) in [5.74, 6) is 1.25. The second-order valence-electron chi connectivity index (χ2n) is 7.28. The van der Waals surface area contributed by atoms with E-state index in [4.69, 9.17) is 4.52 Å². The van der Waals surface area contributed by atoms with Crippen molar-refractivity contribution in [2.45, 2.75) is 18.8 Å². The van der Waals surface area contributed by atoms with Gasteiger partial charge in [0.1, 0.15) is 10.7 Å². The second kappa shape index (κ2) is 8.65. The maximum Gasteiger partial charge on any atom is 0.321 e. The van der Waals surface area contributed by atoms with Crippen molar-refractivity contribution in [2.24, 2.45) is 0 Å². The van der Waals surface area contributed by atoms with Crippen LogP contribution >= 0.6 is 11.3 Å². The first-order chi connectivity index (χ1) is 15.3. The van der Waals surface area contributed by atoms with Crippen LogP contribution in [-0.2, 0) is 0 Å². The zero-order valence-electron chi connectivity index (χ0n) is 16.6. The maximum absolute atomic E-state index is 12.7. The normalized spacial score (nSPS) is 14.5. The number of amides is 2. The summed E-state index contributed by atoms with van der Waals surface area (Å²) in [5.41, 5.74) is 2.50. The van der Waals surface area contributed by atoms with Gasteiger partial charge in [-0.2, -0.15) is 4.98 Å². The van der Waals surface area contributed by atoms with E-state index < -0.39 is 0 Å². The Morgan fingerprint density at radius 2 is 1.90 bits per heavy atom. The van der Waals surface area contributed by atoms with Gasteiger partial charge in [0.25, 0.3) is 0 Å². The highest BCUT2D eigenvalue weighted by atomic mass is 32.1. The zero-order valence-corrected chi connectivity index (χ0v) is 17.5. The molecule has 2 amide bonds. The molecule has 1 fully saturated rings. The van der Waals surface area contributed by atoms with E-state index in [9.17, 15) is 4.79 Å². The van der Waals surface area contributed by atoms with Gasteiger partial charge in [-0.1, -0.05) is 11.2 Å². The van der Waals surface area contributed by atoms with Crippen molar-refractivity contribution in [3.05, 3.63) is 66.1 Å². The molecule has 0 atom stereocenters. The zero-order chi connectivity index (χ0) is 21.0. The van der Waals surface area contributed by atoms with Gasteiger partial charge in [0.2, 0.25) is 11.7 Å². The molecule has 0 bridgehead atoms. The van der Waals surface area contributed by atoms with E-state index in [-0.39, 0.29) is 11.9 Å². The van der Waals surface area contributed by atoms with Gasteiger partial charge in [0.15, 0.2) is 0 Å². The van der Waals surface area contributed by atoms with Crippen molar-refractivity contribution < 1.29 is 9.32 Å². The van der Waals surface area contributed by atoms with Crippen LogP contribution in [0.5, 0.6) is 0 Å². The van der Waals surface area contributed by atoms with Gasteiger partial charge in [0, 0.05) is 48.0 Å². The number of pyridine rings is 1. The molecule has 156 valence electrons. The average molecular weight is 433 g/mol. The number of thiazole rings is 1. The maximum atomic E-state index is 12.7. The van der Waals surface area contributed by atoms with Crippen LogP contribution in [0.15, 0.2) is 64.8 Å². The molecule has 0 radical (unpaired) electrons. The number of hydrogen-bond acceptors (Lipinski definition) is 7. The highest BCUT2D eigenvalue weighted by Gasteiger charge is 2.28. The molecular formula is C22H20N6O2S. The summed E-state index contributed by atoms with van der Waals surface area (Å²) in [6.07, 6.45) is 5.04. The lowest BCUT2D eigenvalue weighted by Gasteiger charge is -2.30. The van der Waals surface area contributed by atoms with Gasteiger partial charge < -0.3 is 14.7 Å². The van der Waals surface area contributed by atoms with Gasteiger partial charge in [-0.3, -0.25) is 4.98 Å². The first-order valence-corrected chi connectivity index (χ1v) is 10.9. The molecule has 5 rings (SSSR count). The molecule has 31 heavy (non-hydrogen) atoms. The number of rotatable bonds is 4. The second-order valence-corrected chi connectivity index (χ2v) is 8.17. The van der Waals surface area contributed by atoms with Crippen LogP contribution in [0.3, 0.4) is 0 Å². The number of carbonyl (C=O) groups is 1. The van der Waals surface area contributed by atoms with Crippen LogP contribution in [0, 0.1) is 0 Å². The molecule has 3 aromatic heterocycles. The molecule has 4 aromatic rings. The number of benzene rings is 1. The van der Waals surface area contributed by atoms with E-state index in [1.54, 1.807) is 23.7 Å². The molecule has 9 heteroatoms. The summed E-state index contributed by atoms with van der Waals surface area (Å²) in [6.45, 7) is 1.27. The number of carbonyl (C=O) groups excluding carboxylic acids is 1. The first kappa shape index (κ1) is 19.4. The minimum absolute atomic E-state index is 0.0971. The molecule has 8 nitrogen and oxygen atoms in total. The summed E-state index contributed by atoms with van der Waals surface area (Å²) < 4.78 is 5.47. The number of anilines is 1. The number of nitrogens with one attached hydrogen (secondary N) is 1. The molecule has 0 spiro atoms. The molecule has 1 aromatic carbocycles. The van der Waals surface area contributed by atoms with Crippen LogP contribution in [0.1, 0.15) is 24.7 Å². The summed E-state index contributed by atoms with van der Waals surface area (Å²) in [4.78, 5) is 27.5. The van der Waals surface area contributed by atoms with Crippen molar-refractivity contribution in [1.29, 1.82) is 0 Å². The van der Waals surface area contributed by atoms with E-state index >= 15 is 0 Å². The molecule has 1 N–H and O–H groups in total. The lowest BCUT2D eigenvalue weighted by Crippen LogP contribution is -2.40. The van der Waals surface area contributed by atoms with Gasteiger partial charge in [-0.15, -0.1) is 11.3 Å². The van der Waals surface area contributed by atoms with Crippen molar-refractivity contribution in [1.82, 2.24) is 25.0 Å². The smallest absolute Gasteiger partial charge is 0.321 e. The number of hydrogen-bond donors (Lipinski definition) is 1. The monoisotopic (exact) mass is 432 g/mol. The summed E-state index contributed by atoms with van der Waals surface area (Å²) in [6, 6.07) is 13.2. The number of likely N-dealkylation sites (tertiary alicyclic amines) is 1. The fraction of sp³-hybridized carbons (Fsp3) is 0.227. The molecule has 1 saturated heterocycles. The van der Waals surface area contributed by atoms with Gasteiger partial charge in [-0.05, 0) is 49.2 Å². The lowest BCUT2D eigenvalue weighted by atomic mass is 9.97. The predicted octanol–water partition coefficient (Wildman–Crippen LogP) is 4.67. The summed E-state index contributed by atoms with van der Waals surface area (Å²) >= 11 is 1.59. The minimum Gasteiger partial charge on any atom is -0.339 e. The largest absolute Gasteiger partial charge is 0.339 e. The van der Waals surface area contributed by atoms with Crippen LogP contribution in [-0.4, -0.2) is 44.1 Å². The number of nitrogens with zero attached hydrogens (tertiary/aromatic N) is 5. The highest BCUT2D eigenvalue weighted by Crippen LogP contribution is 2.29. The molecule has 0 saturated carbocycles. The third-order valence-corrected chi connectivity index (χ3v) is 6.10. The van der Waals surface area contributed by atoms with Crippen molar-refractivity contribution in [2.75, 3.05) is 18.4 Å². The molecule has 4 heterocycles. The third-order valence-electron chi connectivity index (χ3n) is 5.28. The molecule has 0 unspecified atom stereocenters. The van der Waals surface area contributed by atoms with E-state index in [1.807, 2.05) is 52.7 Å². The van der Waals surface area contributed by atoms with E-state index in [1.165, 1.54) is 0 Å². The van der Waals surface area contributed by atoms with Gasteiger partial charge >= 0.3 is 6.03 Å². The standard InChI is InChI=1S/C22H20N6O2S/c29-22(25-17-6-4-16(5-7-17)21-24-11-14-31-21)28-12-8-15(9-13-28)20-26-19(27-30-20)18-3-1-2-10-23-18/h1-7,10-11,14-15H,8-9,12-13H2,(H,25,29). The number of piperidine rings is 1. The lowest BCUT2D eigenvalue weighted by molar-refractivity contribution is 0.187. The Bertz CT molecular complexity index is 1140. The summed E-state index contributed by atoms with van der Waals surface area (Å²) in [5, 5.41) is 9.94. The van der Waals surface area contributed by atoms with Crippen LogP contribution in [0.25, 0.3) is 22.1 Å². The summed E-state index contributed by atoms with van der Waals surface area (Å²) in [7, 11) is 0. The van der Waals surface area contributed by atoms with Crippen molar-refractivity contribution >= 4 is 23.1 Å². The van der Waals surface area contributed by atoms with E-state index in [2.05, 4.69) is 25.4 Å². The Balaban J connectivity index is 1.16. The Kier molecular flexibility index (Phi) is 5.40. The highest BCUT2D eigenvalue weighted by molar-refractivity contribution is 7.13. The van der Waals surface area contributed by atoms with Crippen LogP contribution in [0.2, 0.25) is 0 Å². The third kappa shape index (κ3) is 4.31. The number of urea groups is 1. The van der Waals surface area contributed by atoms with Gasteiger partial charge in [0.05, 0.1) is 0 Å². The average Bonchev–Trinajstić information content (AvgIpc) is 3.53. The van der Waals surface area contributed by atoms with E-state index in [0.29, 0.717) is 30.5 Å². The minimum atomic E-state index is -0.0971. The van der Waals surface area contributed by atoms with Crippen molar-refractivity contribution in [3.63, 3.8) is 0 Å².